The Hall–Kier alpha value is -2.60. The van der Waals surface area contributed by atoms with E-state index in [0.29, 0.717) is 13.1 Å². The van der Waals surface area contributed by atoms with Gasteiger partial charge in [0.2, 0.25) is 5.78 Å². The van der Waals surface area contributed by atoms with Crippen LogP contribution in [0.1, 0.15) is 18.9 Å². The number of nitrogens with zero attached hydrogens (tertiary/aromatic N) is 2. The summed E-state index contributed by atoms with van der Waals surface area (Å²) in [6.45, 7) is 3.01. The Morgan fingerprint density at radius 2 is 2.04 bits per heavy atom. The zero-order valence-electron chi connectivity index (χ0n) is 12.9. The van der Waals surface area contributed by atoms with Crippen molar-refractivity contribution in [1.29, 1.82) is 0 Å². The van der Waals surface area contributed by atoms with E-state index in [0.717, 1.165) is 17.7 Å². The molecule has 0 saturated heterocycles. The van der Waals surface area contributed by atoms with Crippen molar-refractivity contribution >= 4 is 11.5 Å². The third-order valence-electron chi connectivity index (χ3n) is 3.56. The normalized spacial score (nSPS) is 18.4. The number of hydrogen-bond donors (Lipinski definition) is 2. The summed E-state index contributed by atoms with van der Waals surface area (Å²) < 4.78 is 0. The molecule has 1 aromatic rings. The van der Waals surface area contributed by atoms with Crippen LogP contribution in [0, 0.1) is 4.91 Å². The number of nitrogens with one attached hydrogen (secondary N) is 1. The highest BCUT2D eigenvalue weighted by Gasteiger charge is 2.27. The minimum absolute atomic E-state index is 0.392. The fourth-order valence-electron chi connectivity index (χ4n) is 2.19. The number of Topliss-reactive ketones (excluding diaryl/α,β-unsaturated/α-hetero) is 1. The summed E-state index contributed by atoms with van der Waals surface area (Å²) in [6, 6.07) is 9.23. The van der Waals surface area contributed by atoms with Gasteiger partial charge in [0.25, 0.3) is 0 Å². The van der Waals surface area contributed by atoms with Gasteiger partial charge < -0.3 is 5.11 Å². The Morgan fingerprint density at radius 3 is 2.70 bits per heavy atom. The van der Waals surface area contributed by atoms with Crippen molar-refractivity contribution < 1.29 is 9.90 Å². The Balaban J connectivity index is 1.95. The van der Waals surface area contributed by atoms with Crippen LogP contribution in [0.15, 0.2) is 64.1 Å². The lowest BCUT2D eigenvalue weighted by molar-refractivity contribution is -0.116. The molecular formula is C17H19N3O3. The van der Waals surface area contributed by atoms with Crippen LogP contribution in [0.5, 0.6) is 0 Å². The van der Waals surface area contributed by atoms with Crippen molar-refractivity contribution in [2.45, 2.75) is 25.9 Å². The van der Waals surface area contributed by atoms with Gasteiger partial charge in [-0.1, -0.05) is 43.3 Å². The average molecular weight is 313 g/mol. The molecule has 6 heteroatoms. The maximum atomic E-state index is 12.0. The first-order chi connectivity index (χ1) is 11.2. The summed E-state index contributed by atoms with van der Waals surface area (Å²) in [5.74, 6) is -0.921. The molecule has 1 unspecified atom stereocenters. The molecule has 2 N–H and O–H groups in total. The van der Waals surface area contributed by atoms with Gasteiger partial charge in [-0.15, -0.1) is 4.91 Å². The van der Waals surface area contributed by atoms with Gasteiger partial charge in [0.1, 0.15) is 5.76 Å². The number of aliphatic imine (C=N–C) groups is 1. The molecule has 6 nitrogen and oxygen atoms in total. The van der Waals surface area contributed by atoms with E-state index in [1.165, 1.54) is 12.2 Å². The van der Waals surface area contributed by atoms with E-state index >= 15 is 0 Å². The second-order valence-corrected chi connectivity index (χ2v) is 5.13. The molecule has 0 bridgehead atoms. The fraction of sp³-hybridized carbons (Fsp3) is 0.294. The summed E-state index contributed by atoms with van der Waals surface area (Å²) in [7, 11) is 0. The van der Waals surface area contributed by atoms with E-state index in [2.05, 4.69) is 15.5 Å². The van der Waals surface area contributed by atoms with Crippen molar-refractivity contribution in [2.24, 2.45) is 10.2 Å². The van der Waals surface area contributed by atoms with E-state index in [-0.39, 0.29) is 0 Å². The molecule has 0 heterocycles. The summed E-state index contributed by atoms with van der Waals surface area (Å²) in [5.41, 5.74) is 1.60. The van der Waals surface area contributed by atoms with Crippen LogP contribution in [0.25, 0.3) is 0 Å². The monoisotopic (exact) mass is 313 g/mol. The zero-order valence-corrected chi connectivity index (χ0v) is 12.9. The number of ketones is 1. The molecule has 1 aliphatic carbocycles. The van der Waals surface area contributed by atoms with Gasteiger partial charge >= 0.3 is 0 Å². The molecule has 1 aliphatic rings. The lowest BCUT2D eigenvalue weighted by Crippen LogP contribution is -2.40. The third-order valence-corrected chi connectivity index (χ3v) is 3.56. The highest BCUT2D eigenvalue weighted by atomic mass is 16.3. The molecule has 0 radical (unpaired) electrons. The Labute approximate surface area is 134 Å². The van der Waals surface area contributed by atoms with Crippen LogP contribution in [-0.2, 0) is 11.3 Å². The maximum absolute atomic E-state index is 12.0. The lowest BCUT2D eigenvalue weighted by Gasteiger charge is -2.17. The fourth-order valence-corrected chi connectivity index (χ4v) is 2.19. The first-order valence-corrected chi connectivity index (χ1v) is 7.44. The number of aliphatic hydroxyl groups excluding tert-OH is 1. The van der Waals surface area contributed by atoms with Gasteiger partial charge in [-0.05, 0) is 23.2 Å². The van der Waals surface area contributed by atoms with E-state index in [1.54, 1.807) is 0 Å². The number of nitroso groups, excluding NO2 is 1. The number of hydrogen-bond acceptors (Lipinski definition) is 6. The summed E-state index contributed by atoms with van der Waals surface area (Å²) in [5, 5.41) is 15.0. The SMILES string of the molecule is CCC(CNC1C=CC(O)=C(N=O)C1=O)=NCc1ccccc1. The summed E-state index contributed by atoms with van der Waals surface area (Å²) in [4.78, 5) is 27.1. The van der Waals surface area contributed by atoms with Crippen molar-refractivity contribution in [3.05, 3.63) is 64.4 Å². The van der Waals surface area contributed by atoms with Crippen LogP contribution in [0.3, 0.4) is 0 Å². The largest absolute Gasteiger partial charge is 0.505 e. The lowest BCUT2D eigenvalue weighted by atomic mass is 10.0. The third kappa shape index (κ3) is 4.43. The highest BCUT2D eigenvalue weighted by molar-refractivity contribution is 6.02. The van der Waals surface area contributed by atoms with Gasteiger partial charge in [0, 0.05) is 12.3 Å². The Bertz CT molecular complexity index is 663. The molecule has 0 saturated carbocycles. The van der Waals surface area contributed by atoms with Gasteiger partial charge in [0.15, 0.2) is 5.70 Å². The molecule has 2 rings (SSSR count). The van der Waals surface area contributed by atoms with E-state index in [4.69, 9.17) is 0 Å². The topological polar surface area (TPSA) is 91.1 Å². The quantitative estimate of drug-likeness (QED) is 0.598. The predicted molar refractivity (Wildman–Crippen MR) is 89.3 cm³/mol. The number of carbonyl (C=O) groups is 1. The van der Waals surface area contributed by atoms with E-state index in [9.17, 15) is 14.8 Å². The molecule has 0 fully saturated rings. The van der Waals surface area contributed by atoms with Crippen LogP contribution in [0.2, 0.25) is 0 Å². The van der Waals surface area contributed by atoms with Gasteiger partial charge in [-0.25, -0.2) is 0 Å². The van der Waals surface area contributed by atoms with E-state index < -0.39 is 23.3 Å². The maximum Gasteiger partial charge on any atom is 0.209 e. The number of carbonyl (C=O) groups excluding carboxylic acids is 1. The Kier molecular flexibility index (Phi) is 5.94. The van der Waals surface area contributed by atoms with Crippen molar-refractivity contribution in [3.8, 4) is 0 Å². The van der Waals surface area contributed by atoms with Gasteiger partial charge in [0.05, 0.1) is 12.6 Å². The van der Waals surface area contributed by atoms with E-state index in [1.807, 2.05) is 37.3 Å². The zero-order chi connectivity index (χ0) is 16.7. The molecule has 0 aliphatic heterocycles. The Morgan fingerprint density at radius 1 is 1.30 bits per heavy atom. The molecule has 120 valence electrons. The number of aliphatic hydroxyl groups is 1. The number of rotatable bonds is 7. The number of allylic oxidation sites excluding steroid dienone is 1. The predicted octanol–water partition coefficient (Wildman–Crippen LogP) is 2.67. The second-order valence-electron chi connectivity index (χ2n) is 5.13. The first-order valence-electron chi connectivity index (χ1n) is 7.44. The number of benzene rings is 1. The second kappa shape index (κ2) is 8.14. The standard InChI is InChI=1S/C17H19N3O3/c1-2-13(18-10-12-6-4-3-5-7-12)11-19-14-8-9-15(21)16(20-23)17(14)22/h3-9,14,19,21H,2,10-11H2,1H3. The molecule has 0 spiro atoms. The first kappa shape index (κ1) is 16.8. The summed E-state index contributed by atoms with van der Waals surface area (Å²) in [6.07, 6.45) is 3.57. The molecule has 0 amide bonds. The summed E-state index contributed by atoms with van der Waals surface area (Å²) >= 11 is 0. The minimum atomic E-state index is -0.674. The molecule has 1 aromatic carbocycles. The highest BCUT2D eigenvalue weighted by Crippen LogP contribution is 2.15. The van der Waals surface area contributed by atoms with Crippen molar-refractivity contribution in [1.82, 2.24) is 5.32 Å². The molecule has 23 heavy (non-hydrogen) atoms. The van der Waals surface area contributed by atoms with Crippen molar-refractivity contribution in [3.63, 3.8) is 0 Å². The van der Waals surface area contributed by atoms with Gasteiger partial charge in [-0.2, -0.15) is 0 Å². The minimum Gasteiger partial charge on any atom is -0.505 e. The van der Waals surface area contributed by atoms with Gasteiger partial charge in [-0.3, -0.25) is 15.1 Å². The molecular weight excluding hydrogens is 294 g/mol. The van der Waals surface area contributed by atoms with Crippen LogP contribution in [0.4, 0.5) is 0 Å². The van der Waals surface area contributed by atoms with Crippen LogP contribution in [-0.4, -0.2) is 29.2 Å². The smallest absolute Gasteiger partial charge is 0.209 e. The molecule has 0 aromatic heterocycles. The van der Waals surface area contributed by atoms with Crippen LogP contribution >= 0.6 is 0 Å². The van der Waals surface area contributed by atoms with Crippen LogP contribution < -0.4 is 5.32 Å². The van der Waals surface area contributed by atoms with Crippen molar-refractivity contribution in [2.75, 3.05) is 6.54 Å². The average Bonchev–Trinajstić information content (AvgIpc) is 2.58. The molecule has 1 atom stereocenters.